The number of nitrogens with zero attached hydrogens (tertiary/aromatic N) is 4. The monoisotopic (exact) mass is 522 g/mol. The third-order valence-corrected chi connectivity index (χ3v) is 7.48. The third kappa shape index (κ3) is 4.03. The standard InChI is InChI=1S/C37H22N4/c38-23-27-15-9-16-28(24-39)36(27)31-18-10-20-35-37(31)30-17-7-8-19-34(30)41(35)29-21-32(25-11-3-1-4-12-25)40-33(22-29)26-13-5-2-6-14-26/h1-22H. The van der Waals surface area contributed by atoms with Crippen molar-refractivity contribution in [2.24, 2.45) is 0 Å². The molecule has 0 aliphatic carbocycles. The molecule has 4 nitrogen and oxygen atoms in total. The van der Waals surface area contributed by atoms with Crippen LogP contribution in [0.1, 0.15) is 11.1 Å². The minimum atomic E-state index is 0.481. The van der Waals surface area contributed by atoms with Gasteiger partial charge in [-0.05, 0) is 42.0 Å². The van der Waals surface area contributed by atoms with Crippen LogP contribution in [0, 0.1) is 22.7 Å². The first-order valence-corrected chi connectivity index (χ1v) is 13.4. The van der Waals surface area contributed by atoms with Gasteiger partial charge < -0.3 is 4.57 Å². The Morgan fingerprint density at radius 3 is 1.68 bits per heavy atom. The molecular formula is C37H22N4. The zero-order chi connectivity index (χ0) is 27.8. The second-order valence-electron chi connectivity index (χ2n) is 9.83. The van der Waals surface area contributed by atoms with Crippen molar-refractivity contribution in [2.45, 2.75) is 0 Å². The molecule has 4 heteroatoms. The minimum Gasteiger partial charge on any atom is -0.309 e. The van der Waals surface area contributed by atoms with E-state index in [2.05, 4.69) is 71.3 Å². The molecule has 0 atom stereocenters. The molecule has 0 radical (unpaired) electrons. The van der Waals surface area contributed by atoms with Gasteiger partial charge in [-0.2, -0.15) is 10.5 Å². The Balaban J connectivity index is 1.59. The second kappa shape index (κ2) is 9.97. The number of pyridine rings is 1. The quantitative estimate of drug-likeness (QED) is 0.232. The fourth-order valence-electron chi connectivity index (χ4n) is 5.69. The van der Waals surface area contributed by atoms with Gasteiger partial charge in [-0.1, -0.05) is 97.1 Å². The summed E-state index contributed by atoms with van der Waals surface area (Å²) < 4.78 is 2.26. The van der Waals surface area contributed by atoms with Crippen LogP contribution in [0.4, 0.5) is 0 Å². The fraction of sp³-hybridized carbons (Fsp3) is 0. The minimum absolute atomic E-state index is 0.481. The van der Waals surface area contributed by atoms with Gasteiger partial charge in [0.25, 0.3) is 0 Å². The predicted molar refractivity (Wildman–Crippen MR) is 164 cm³/mol. The summed E-state index contributed by atoms with van der Waals surface area (Å²) in [6, 6.07) is 49.0. The Bertz CT molecular complexity index is 2070. The highest BCUT2D eigenvalue weighted by atomic mass is 15.0. The highest BCUT2D eigenvalue weighted by molar-refractivity contribution is 6.16. The number of nitriles is 2. The largest absolute Gasteiger partial charge is 0.309 e. The number of benzene rings is 5. The van der Waals surface area contributed by atoms with E-state index in [4.69, 9.17) is 4.98 Å². The van der Waals surface area contributed by atoms with Gasteiger partial charge in [0, 0.05) is 27.5 Å². The maximum Gasteiger partial charge on any atom is 0.0998 e. The maximum absolute atomic E-state index is 9.97. The Morgan fingerprint density at radius 2 is 1.07 bits per heavy atom. The molecule has 0 aliphatic rings. The Kier molecular flexibility index (Phi) is 5.86. The fourth-order valence-corrected chi connectivity index (χ4v) is 5.69. The smallest absolute Gasteiger partial charge is 0.0998 e. The molecule has 0 saturated heterocycles. The van der Waals surface area contributed by atoms with Crippen molar-refractivity contribution in [2.75, 3.05) is 0 Å². The molecule has 0 spiro atoms. The highest BCUT2D eigenvalue weighted by Crippen LogP contribution is 2.41. The van der Waals surface area contributed by atoms with Crippen LogP contribution in [0.15, 0.2) is 133 Å². The molecule has 0 N–H and O–H groups in total. The van der Waals surface area contributed by atoms with Crippen molar-refractivity contribution in [3.05, 3.63) is 145 Å². The van der Waals surface area contributed by atoms with Gasteiger partial charge in [0.15, 0.2) is 0 Å². The number of fused-ring (bicyclic) bond motifs is 3. The Labute approximate surface area is 237 Å². The van der Waals surface area contributed by atoms with Crippen LogP contribution < -0.4 is 0 Å². The molecule has 0 fully saturated rings. The molecule has 41 heavy (non-hydrogen) atoms. The average molecular weight is 523 g/mol. The van der Waals surface area contributed by atoms with Crippen molar-refractivity contribution in [3.63, 3.8) is 0 Å². The summed E-state index contributed by atoms with van der Waals surface area (Å²) in [5.74, 6) is 0. The van der Waals surface area contributed by atoms with E-state index in [1.54, 1.807) is 18.2 Å². The first-order valence-electron chi connectivity index (χ1n) is 13.4. The first-order chi connectivity index (χ1) is 20.3. The molecular weight excluding hydrogens is 500 g/mol. The van der Waals surface area contributed by atoms with E-state index in [1.807, 2.05) is 60.7 Å². The van der Waals surface area contributed by atoms with Gasteiger partial charge in [0.1, 0.15) is 0 Å². The molecule has 7 aromatic rings. The van der Waals surface area contributed by atoms with E-state index in [0.717, 1.165) is 55.6 Å². The van der Waals surface area contributed by atoms with Crippen molar-refractivity contribution in [3.8, 4) is 51.5 Å². The number of para-hydroxylation sites is 1. The van der Waals surface area contributed by atoms with Crippen LogP contribution in [0.25, 0.3) is 61.1 Å². The molecule has 0 bridgehead atoms. The summed E-state index contributed by atoms with van der Waals surface area (Å²) in [5, 5.41) is 22.0. The molecule has 0 unspecified atom stereocenters. The zero-order valence-electron chi connectivity index (χ0n) is 22.0. The molecule has 0 amide bonds. The van der Waals surface area contributed by atoms with Crippen LogP contribution in [0.2, 0.25) is 0 Å². The van der Waals surface area contributed by atoms with Gasteiger partial charge in [-0.15, -0.1) is 0 Å². The van der Waals surface area contributed by atoms with E-state index in [1.165, 1.54) is 0 Å². The van der Waals surface area contributed by atoms with Crippen LogP contribution >= 0.6 is 0 Å². The number of hydrogen-bond donors (Lipinski definition) is 0. The molecule has 5 aromatic carbocycles. The van der Waals surface area contributed by atoms with Gasteiger partial charge in [-0.3, -0.25) is 0 Å². The molecule has 0 saturated carbocycles. The van der Waals surface area contributed by atoms with Crippen LogP contribution in [0.5, 0.6) is 0 Å². The molecule has 0 aliphatic heterocycles. The van der Waals surface area contributed by atoms with Crippen molar-refractivity contribution in [1.82, 2.24) is 9.55 Å². The third-order valence-electron chi connectivity index (χ3n) is 7.48. The Morgan fingerprint density at radius 1 is 0.537 bits per heavy atom. The summed E-state index contributed by atoms with van der Waals surface area (Å²) in [6.45, 7) is 0. The van der Waals surface area contributed by atoms with E-state index in [0.29, 0.717) is 16.7 Å². The lowest BCUT2D eigenvalue weighted by Gasteiger charge is -2.14. The molecule has 7 rings (SSSR count). The summed E-state index contributed by atoms with van der Waals surface area (Å²) in [6.07, 6.45) is 0. The lowest BCUT2D eigenvalue weighted by atomic mass is 9.92. The summed E-state index contributed by atoms with van der Waals surface area (Å²) in [5.41, 5.74) is 9.33. The first kappa shape index (κ1) is 24.1. The van der Waals surface area contributed by atoms with Gasteiger partial charge >= 0.3 is 0 Å². The lowest BCUT2D eigenvalue weighted by molar-refractivity contribution is 1.16. The molecule has 2 heterocycles. The van der Waals surface area contributed by atoms with E-state index < -0.39 is 0 Å². The normalized spacial score (nSPS) is 10.9. The number of aromatic nitrogens is 2. The van der Waals surface area contributed by atoms with Crippen molar-refractivity contribution < 1.29 is 0 Å². The topological polar surface area (TPSA) is 65.4 Å². The van der Waals surface area contributed by atoms with E-state index >= 15 is 0 Å². The van der Waals surface area contributed by atoms with Crippen molar-refractivity contribution in [1.29, 1.82) is 10.5 Å². The molecule has 2 aromatic heterocycles. The van der Waals surface area contributed by atoms with Crippen LogP contribution in [-0.4, -0.2) is 9.55 Å². The predicted octanol–water partition coefficient (Wildman–Crippen LogP) is 8.92. The number of hydrogen-bond acceptors (Lipinski definition) is 3. The summed E-state index contributed by atoms with van der Waals surface area (Å²) >= 11 is 0. The second-order valence-corrected chi connectivity index (χ2v) is 9.83. The van der Waals surface area contributed by atoms with Crippen molar-refractivity contribution >= 4 is 21.8 Å². The van der Waals surface area contributed by atoms with Gasteiger partial charge in [0.2, 0.25) is 0 Å². The zero-order valence-corrected chi connectivity index (χ0v) is 22.0. The van der Waals surface area contributed by atoms with Crippen LogP contribution in [0.3, 0.4) is 0 Å². The van der Waals surface area contributed by atoms with E-state index in [9.17, 15) is 10.5 Å². The SMILES string of the molecule is N#Cc1cccc(C#N)c1-c1cccc2c1c1ccccc1n2-c1cc(-c2ccccc2)nc(-c2ccccc2)c1. The lowest BCUT2D eigenvalue weighted by Crippen LogP contribution is -1.98. The van der Waals surface area contributed by atoms with Crippen LogP contribution in [-0.2, 0) is 0 Å². The molecule has 190 valence electrons. The maximum atomic E-state index is 9.97. The summed E-state index contributed by atoms with van der Waals surface area (Å²) in [4.78, 5) is 5.07. The summed E-state index contributed by atoms with van der Waals surface area (Å²) in [7, 11) is 0. The van der Waals surface area contributed by atoms with Gasteiger partial charge in [0.05, 0.1) is 51.4 Å². The van der Waals surface area contributed by atoms with E-state index in [-0.39, 0.29) is 0 Å². The highest BCUT2D eigenvalue weighted by Gasteiger charge is 2.20. The van der Waals surface area contributed by atoms with Gasteiger partial charge in [-0.25, -0.2) is 4.98 Å². The average Bonchev–Trinajstić information content (AvgIpc) is 3.39. The number of rotatable bonds is 4. The Hall–Kier alpha value is -5.97.